The van der Waals surface area contributed by atoms with Gasteiger partial charge in [0.15, 0.2) is 5.82 Å². The zero-order valence-electron chi connectivity index (χ0n) is 22.5. The van der Waals surface area contributed by atoms with Gasteiger partial charge >= 0.3 is 6.16 Å². The van der Waals surface area contributed by atoms with Gasteiger partial charge in [-0.05, 0) is 45.9 Å². The molecule has 0 saturated carbocycles. The van der Waals surface area contributed by atoms with Gasteiger partial charge in [0, 0.05) is 24.4 Å². The fourth-order valence-corrected chi connectivity index (χ4v) is 4.46. The third kappa shape index (κ3) is 6.68. The van der Waals surface area contributed by atoms with E-state index in [4.69, 9.17) is 14.0 Å². The van der Waals surface area contributed by atoms with Crippen LogP contribution in [0.25, 0.3) is 5.57 Å². The first-order chi connectivity index (χ1) is 18.6. The highest BCUT2D eigenvalue weighted by Gasteiger charge is 2.37. The lowest BCUT2D eigenvalue weighted by atomic mass is 9.84. The summed E-state index contributed by atoms with van der Waals surface area (Å²) >= 11 is 0. The summed E-state index contributed by atoms with van der Waals surface area (Å²) in [6.45, 7) is 8.13. The molecule has 1 N–H and O–H groups in total. The Bertz CT molecular complexity index is 1410. The Balaban J connectivity index is 1.69. The second-order valence-corrected chi connectivity index (χ2v) is 9.63. The van der Waals surface area contributed by atoms with Gasteiger partial charge in [-0.1, -0.05) is 47.6 Å². The third-order valence-corrected chi connectivity index (χ3v) is 6.04. The van der Waals surface area contributed by atoms with Crippen molar-refractivity contribution >= 4 is 17.4 Å². The van der Waals surface area contributed by atoms with E-state index in [1.54, 1.807) is 32.9 Å². The van der Waals surface area contributed by atoms with Crippen molar-refractivity contribution in [2.24, 2.45) is 0 Å². The van der Waals surface area contributed by atoms with Crippen LogP contribution in [0.5, 0.6) is 0 Å². The summed E-state index contributed by atoms with van der Waals surface area (Å²) in [7, 11) is 1.96. The number of dihydropyridines is 1. The molecule has 2 heterocycles. The highest BCUT2D eigenvalue weighted by atomic mass is 16.7. The first-order valence-corrected chi connectivity index (χ1v) is 12.5. The molecule has 1 unspecified atom stereocenters. The van der Waals surface area contributed by atoms with E-state index < -0.39 is 23.1 Å². The summed E-state index contributed by atoms with van der Waals surface area (Å²) < 4.78 is 16.6. The quantitative estimate of drug-likeness (QED) is 0.213. The van der Waals surface area contributed by atoms with Crippen molar-refractivity contribution in [2.45, 2.75) is 52.8 Å². The van der Waals surface area contributed by atoms with Crippen LogP contribution >= 0.6 is 0 Å². The number of benzene rings is 2. The first-order valence-electron chi connectivity index (χ1n) is 12.5. The normalized spacial score (nSPS) is 15.5. The van der Waals surface area contributed by atoms with Crippen molar-refractivity contribution in [1.82, 2.24) is 20.4 Å². The number of hydrogen-bond donors (Lipinski definition) is 1. The molecule has 11 heteroatoms. The van der Waals surface area contributed by atoms with Crippen LogP contribution in [-0.2, 0) is 22.6 Å². The standard InChI is InChI=1S/C28H31N5O6/c1-17(2)37-28(34)38-26-19(4)29-18(3)24(25(26)21-12-9-13-22(14-21)33(35)36)27-30-23(31-39-27)16-32(5)15-20-10-7-6-8-11-20/h6-14,17,25,29H,15-16H2,1-5H3. The molecule has 3 aromatic rings. The fourth-order valence-electron chi connectivity index (χ4n) is 4.46. The molecule has 1 aromatic heterocycles. The van der Waals surface area contributed by atoms with Crippen LogP contribution in [0.2, 0.25) is 0 Å². The van der Waals surface area contributed by atoms with Gasteiger partial charge in [0.05, 0.1) is 34.8 Å². The van der Waals surface area contributed by atoms with Gasteiger partial charge in [0.2, 0.25) is 0 Å². The molecule has 39 heavy (non-hydrogen) atoms. The number of rotatable bonds is 9. The number of aromatic nitrogens is 2. The molecule has 0 radical (unpaired) electrons. The number of carbonyl (C=O) groups is 1. The van der Waals surface area contributed by atoms with E-state index in [1.165, 1.54) is 12.1 Å². The molecule has 0 aliphatic carbocycles. The van der Waals surface area contributed by atoms with Gasteiger partial charge in [0.25, 0.3) is 11.6 Å². The van der Waals surface area contributed by atoms with Crippen molar-refractivity contribution < 1.29 is 23.7 Å². The van der Waals surface area contributed by atoms with Crippen LogP contribution in [-0.4, -0.2) is 39.3 Å². The van der Waals surface area contributed by atoms with E-state index in [-0.39, 0.29) is 17.3 Å². The van der Waals surface area contributed by atoms with Gasteiger partial charge in [0.1, 0.15) is 5.76 Å². The number of allylic oxidation sites excluding steroid dienone is 3. The van der Waals surface area contributed by atoms with Crippen LogP contribution in [0.1, 0.15) is 56.5 Å². The smallest absolute Gasteiger partial charge is 0.431 e. The molecule has 0 bridgehead atoms. The van der Waals surface area contributed by atoms with E-state index in [0.717, 1.165) is 5.56 Å². The monoisotopic (exact) mass is 533 g/mol. The van der Waals surface area contributed by atoms with E-state index in [1.807, 2.05) is 44.3 Å². The Kier molecular flexibility index (Phi) is 8.40. The van der Waals surface area contributed by atoms with E-state index in [2.05, 4.69) is 20.4 Å². The van der Waals surface area contributed by atoms with Gasteiger partial charge in [-0.3, -0.25) is 15.0 Å². The molecular formula is C28H31N5O6. The molecule has 11 nitrogen and oxygen atoms in total. The van der Waals surface area contributed by atoms with Crippen molar-refractivity contribution in [3.05, 3.63) is 105 Å². The molecule has 1 aliphatic heterocycles. The van der Waals surface area contributed by atoms with E-state index >= 15 is 0 Å². The lowest BCUT2D eigenvalue weighted by Gasteiger charge is -2.30. The Morgan fingerprint density at radius 2 is 1.87 bits per heavy atom. The van der Waals surface area contributed by atoms with Crippen LogP contribution in [0.4, 0.5) is 10.5 Å². The Hall–Kier alpha value is -4.51. The van der Waals surface area contributed by atoms with Crippen molar-refractivity contribution in [1.29, 1.82) is 0 Å². The number of carbonyl (C=O) groups excluding carboxylic acids is 1. The Morgan fingerprint density at radius 3 is 2.56 bits per heavy atom. The maximum atomic E-state index is 12.5. The number of nitro benzene ring substituents is 1. The van der Waals surface area contributed by atoms with Crippen LogP contribution in [0.15, 0.2) is 76.3 Å². The fraction of sp³-hybridized carbons (Fsp3) is 0.321. The second-order valence-electron chi connectivity index (χ2n) is 9.63. The van der Waals surface area contributed by atoms with E-state index in [9.17, 15) is 14.9 Å². The number of ether oxygens (including phenoxy) is 2. The summed E-state index contributed by atoms with van der Waals surface area (Å²) in [5.41, 5.74) is 3.35. The molecule has 2 aromatic carbocycles. The average Bonchev–Trinajstić information content (AvgIpc) is 3.33. The lowest BCUT2D eigenvalue weighted by molar-refractivity contribution is -0.384. The zero-order valence-corrected chi connectivity index (χ0v) is 22.5. The zero-order chi connectivity index (χ0) is 28.1. The molecule has 0 fully saturated rings. The Morgan fingerprint density at radius 1 is 1.13 bits per heavy atom. The van der Waals surface area contributed by atoms with Gasteiger partial charge in [-0.2, -0.15) is 4.98 Å². The van der Waals surface area contributed by atoms with Crippen LogP contribution in [0.3, 0.4) is 0 Å². The van der Waals surface area contributed by atoms with Crippen molar-refractivity contribution in [3.8, 4) is 0 Å². The molecule has 0 saturated heterocycles. The summed E-state index contributed by atoms with van der Waals surface area (Å²) in [5.74, 6) is 0.156. The molecule has 1 aliphatic rings. The van der Waals surface area contributed by atoms with Crippen LogP contribution < -0.4 is 5.32 Å². The summed E-state index contributed by atoms with van der Waals surface area (Å²) in [6.07, 6.45) is -1.28. The highest BCUT2D eigenvalue weighted by Crippen LogP contribution is 2.44. The van der Waals surface area contributed by atoms with Gasteiger partial charge < -0.3 is 19.3 Å². The lowest BCUT2D eigenvalue weighted by Crippen LogP contribution is -2.27. The number of non-ortho nitro benzene ring substituents is 1. The topological polar surface area (TPSA) is 133 Å². The third-order valence-electron chi connectivity index (χ3n) is 6.04. The van der Waals surface area contributed by atoms with Gasteiger partial charge in [-0.25, -0.2) is 4.79 Å². The molecule has 0 amide bonds. The number of hydrogen-bond acceptors (Lipinski definition) is 10. The van der Waals surface area contributed by atoms with Crippen LogP contribution in [0, 0.1) is 10.1 Å². The molecule has 0 spiro atoms. The predicted octanol–water partition coefficient (Wildman–Crippen LogP) is 5.52. The molecule has 1 atom stereocenters. The molecule has 204 valence electrons. The van der Waals surface area contributed by atoms with Crippen molar-refractivity contribution in [2.75, 3.05) is 7.05 Å². The summed E-state index contributed by atoms with van der Waals surface area (Å²) in [4.78, 5) is 30.3. The first kappa shape index (κ1) is 27.5. The van der Waals surface area contributed by atoms with Crippen molar-refractivity contribution in [3.63, 3.8) is 0 Å². The Labute approximate surface area is 226 Å². The van der Waals surface area contributed by atoms with E-state index in [0.29, 0.717) is 41.4 Å². The largest absolute Gasteiger partial charge is 0.513 e. The molecular weight excluding hydrogens is 502 g/mol. The highest BCUT2D eigenvalue weighted by molar-refractivity contribution is 5.76. The minimum Gasteiger partial charge on any atom is -0.431 e. The minimum absolute atomic E-state index is 0.0986. The number of nitrogens with zero attached hydrogens (tertiary/aromatic N) is 4. The molecule has 4 rings (SSSR count). The second kappa shape index (κ2) is 11.9. The summed E-state index contributed by atoms with van der Waals surface area (Å²) in [6, 6.07) is 16.2. The predicted molar refractivity (Wildman–Crippen MR) is 143 cm³/mol. The SMILES string of the molecule is CC1=C(OC(=O)OC(C)C)C(c2cccc([N+](=O)[O-])c2)C(c2nc(CN(C)Cc3ccccc3)no2)=C(C)N1. The minimum atomic E-state index is -0.885. The number of nitro groups is 1. The summed E-state index contributed by atoms with van der Waals surface area (Å²) in [5, 5.41) is 18.9. The maximum absolute atomic E-state index is 12.5. The maximum Gasteiger partial charge on any atom is 0.513 e. The average molecular weight is 534 g/mol. The van der Waals surface area contributed by atoms with Gasteiger partial charge in [-0.15, -0.1) is 0 Å². The number of nitrogens with one attached hydrogen (secondary N) is 1.